The highest BCUT2D eigenvalue weighted by Crippen LogP contribution is 2.34. The van der Waals surface area contributed by atoms with Crippen molar-refractivity contribution in [2.75, 3.05) is 12.4 Å². The molecule has 0 unspecified atom stereocenters. The molecule has 2 rings (SSSR count). The molecule has 0 aliphatic carbocycles. The van der Waals surface area contributed by atoms with E-state index < -0.39 is 0 Å². The summed E-state index contributed by atoms with van der Waals surface area (Å²) < 4.78 is 7.16. The zero-order valence-electron chi connectivity index (χ0n) is 10.2. The van der Waals surface area contributed by atoms with Crippen LogP contribution in [-0.2, 0) is 6.54 Å². The number of methoxy groups -OCH3 is 1. The van der Waals surface area contributed by atoms with Gasteiger partial charge in [0.2, 0.25) is 0 Å². The molecule has 0 aromatic heterocycles. The van der Waals surface area contributed by atoms with Crippen LogP contribution in [-0.4, -0.2) is 7.11 Å². The second-order valence-electron chi connectivity index (χ2n) is 3.91. The number of anilines is 1. The van der Waals surface area contributed by atoms with Crippen LogP contribution < -0.4 is 10.1 Å². The smallest absolute Gasteiger partial charge is 0.135 e. The van der Waals surface area contributed by atoms with Crippen LogP contribution in [0.3, 0.4) is 0 Å². The van der Waals surface area contributed by atoms with Gasteiger partial charge in [-0.15, -0.1) is 0 Å². The third kappa shape index (κ3) is 3.65. The number of nitrogens with one attached hydrogen (secondary N) is 1. The van der Waals surface area contributed by atoms with Crippen LogP contribution in [0, 0.1) is 0 Å². The van der Waals surface area contributed by atoms with Crippen molar-refractivity contribution in [2.24, 2.45) is 0 Å². The van der Waals surface area contributed by atoms with Gasteiger partial charge >= 0.3 is 0 Å². The average molecular weight is 406 g/mol. The highest BCUT2D eigenvalue weighted by molar-refractivity contribution is 9.11. The van der Waals surface area contributed by atoms with E-state index in [-0.39, 0.29) is 0 Å². The van der Waals surface area contributed by atoms with Gasteiger partial charge in [0.1, 0.15) is 5.75 Å². The fraction of sp³-hybridized carbons (Fsp3) is 0.143. The molecule has 0 bridgehead atoms. The van der Waals surface area contributed by atoms with Crippen molar-refractivity contribution >= 4 is 49.1 Å². The SMILES string of the molecule is COc1cc(NCc2ccccc2Cl)c(Br)cc1Br. The van der Waals surface area contributed by atoms with Gasteiger partial charge in [-0.3, -0.25) is 0 Å². The monoisotopic (exact) mass is 403 g/mol. The van der Waals surface area contributed by atoms with Gasteiger partial charge in [-0.25, -0.2) is 0 Å². The zero-order valence-corrected chi connectivity index (χ0v) is 14.1. The Labute approximate surface area is 134 Å². The first-order valence-electron chi connectivity index (χ1n) is 5.62. The zero-order chi connectivity index (χ0) is 13.8. The third-order valence-corrected chi connectivity index (χ3v) is 4.31. The molecule has 0 saturated carbocycles. The molecule has 5 heteroatoms. The Hall–Kier alpha value is -0.710. The second kappa shape index (κ2) is 6.64. The summed E-state index contributed by atoms with van der Waals surface area (Å²) in [6.07, 6.45) is 0. The molecule has 0 saturated heterocycles. The van der Waals surface area contributed by atoms with Crippen molar-refractivity contribution in [2.45, 2.75) is 6.54 Å². The van der Waals surface area contributed by atoms with Crippen molar-refractivity contribution in [3.05, 3.63) is 55.9 Å². The van der Waals surface area contributed by atoms with Crippen LogP contribution in [0.15, 0.2) is 45.3 Å². The van der Waals surface area contributed by atoms with E-state index in [9.17, 15) is 0 Å². The lowest BCUT2D eigenvalue weighted by molar-refractivity contribution is 0.412. The molecule has 0 atom stereocenters. The van der Waals surface area contributed by atoms with Crippen molar-refractivity contribution in [1.29, 1.82) is 0 Å². The second-order valence-corrected chi connectivity index (χ2v) is 6.03. The molecule has 2 nitrogen and oxygen atoms in total. The minimum absolute atomic E-state index is 0.656. The van der Waals surface area contributed by atoms with E-state index in [4.69, 9.17) is 16.3 Å². The van der Waals surface area contributed by atoms with Gasteiger partial charge in [0.15, 0.2) is 0 Å². The number of benzene rings is 2. The summed E-state index contributed by atoms with van der Waals surface area (Å²) in [7, 11) is 1.64. The maximum Gasteiger partial charge on any atom is 0.135 e. The van der Waals surface area contributed by atoms with Crippen LogP contribution in [0.5, 0.6) is 5.75 Å². The highest BCUT2D eigenvalue weighted by atomic mass is 79.9. The molecular formula is C14H12Br2ClNO. The molecule has 0 aliphatic heterocycles. The normalized spacial score (nSPS) is 10.3. The molecule has 0 aliphatic rings. The Morgan fingerprint density at radius 3 is 2.58 bits per heavy atom. The Morgan fingerprint density at radius 2 is 1.89 bits per heavy atom. The summed E-state index contributed by atoms with van der Waals surface area (Å²) in [5.74, 6) is 0.782. The van der Waals surface area contributed by atoms with Crippen molar-refractivity contribution in [3.8, 4) is 5.75 Å². The summed E-state index contributed by atoms with van der Waals surface area (Å²) in [4.78, 5) is 0. The van der Waals surface area contributed by atoms with E-state index in [1.54, 1.807) is 7.11 Å². The number of halogens is 3. The third-order valence-electron chi connectivity index (χ3n) is 2.67. The minimum Gasteiger partial charge on any atom is -0.495 e. The molecule has 0 fully saturated rings. The molecule has 100 valence electrons. The summed E-state index contributed by atoms with van der Waals surface area (Å²) in [6, 6.07) is 11.7. The first-order valence-corrected chi connectivity index (χ1v) is 7.58. The molecule has 1 N–H and O–H groups in total. The lowest BCUT2D eigenvalue weighted by Crippen LogP contribution is -2.01. The molecule has 0 heterocycles. The number of hydrogen-bond donors (Lipinski definition) is 1. The Balaban J connectivity index is 2.18. The van der Waals surface area contributed by atoms with Crippen molar-refractivity contribution in [3.63, 3.8) is 0 Å². The van der Waals surface area contributed by atoms with E-state index in [0.29, 0.717) is 6.54 Å². The first kappa shape index (κ1) is 14.7. The summed E-state index contributed by atoms with van der Waals surface area (Å²) >= 11 is 13.1. The predicted octanol–water partition coefficient (Wildman–Crippen LogP) is 5.49. The average Bonchev–Trinajstić information content (AvgIpc) is 2.39. The van der Waals surface area contributed by atoms with Crippen LogP contribution in [0.1, 0.15) is 5.56 Å². The largest absolute Gasteiger partial charge is 0.495 e. The predicted molar refractivity (Wildman–Crippen MR) is 87.2 cm³/mol. The summed E-state index contributed by atoms with van der Waals surface area (Å²) in [5.41, 5.74) is 2.01. The lowest BCUT2D eigenvalue weighted by Gasteiger charge is -2.12. The van der Waals surface area contributed by atoms with Crippen molar-refractivity contribution in [1.82, 2.24) is 0 Å². The van der Waals surface area contributed by atoms with Crippen molar-refractivity contribution < 1.29 is 4.74 Å². The van der Waals surface area contributed by atoms with Crippen LogP contribution >= 0.6 is 43.5 Å². The van der Waals surface area contributed by atoms with Gasteiger partial charge in [0.25, 0.3) is 0 Å². The van der Waals surface area contributed by atoms with Crippen LogP contribution in [0.25, 0.3) is 0 Å². The summed E-state index contributed by atoms with van der Waals surface area (Å²) in [6.45, 7) is 0.656. The fourth-order valence-electron chi connectivity index (χ4n) is 1.65. The Morgan fingerprint density at radius 1 is 1.16 bits per heavy atom. The summed E-state index contributed by atoms with van der Waals surface area (Å²) in [5, 5.41) is 4.10. The van der Waals surface area contributed by atoms with Gasteiger partial charge in [0, 0.05) is 22.1 Å². The van der Waals surface area contributed by atoms with E-state index >= 15 is 0 Å². The number of rotatable bonds is 4. The number of ether oxygens (including phenoxy) is 1. The van der Waals surface area contributed by atoms with Gasteiger partial charge in [0.05, 0.1) is 17.3 Å². The van der Waals surface area contributed by atoms with Gasteiger partial charge < -0.3 is 10.1 Å². The standard InChI is InChI=1S/C14H12Br2ClNO/c1-19-14-7-13(10(15)6-11(14)16)18-8-9-4-2-3-5-12(9)17/h2-7,18H,8H2,1H3. The van der Waals surface area contributed by atoms with E-state index in [0.717, 1.165) is 31.0 Å². The first-order chi connectivity index (χ1) is 9.11. The van der Waals surface area contributed by atoms with E-state index in [2.05, 4.69) is 37.2 Å². The molecule has 0 spiro atoms. The van der Waals surface area contributed by atoms with E-state index in [1.165, 1.54) is 0 Å². The van der Waals surface area contributed by atoms with Gasteiger partial charge in [-0.1, -0.05) is 29.8 Å². The topological polar surface area (TPSA) is 21.3 Å². The maximum atomic E-state index is 6.13. The minimum atomic E-state index is 0.656. The van der Waals surface area contributed by atoms with Gasteiger partial charge in [-0.05, 0) is 49.6 Å². The molecular weight excluding hydrogens is 393 g/mol. The fourth-order valence-corrected chi connectivity index (χ4v) is 3.15. The van der Waals surface area contributed by atoms with Gasteiger partial charge in [-0.2, -0.15) is 0 Å². The molecule has 19 heavy (non-hydrogen) atoms. The Kier molecular flexibility index (Phi) is 5.13. The molecule has 2 aromatic carbocycles. The molecule has 0 radical (unpaired) electrons. The van der Waals surface area contributed by atoms with Crippen LogP contribution in [0.4, 0.5) is 5.69 Å². The maximum absolute atomic E-state index is 6.13. The Bertz CT molecular complexity index is 590. The van der Waals surface area contributed by atoms with E-state index in [1.807, 2.05) is 36.4 Å². The lowest BCUT2D eigenvalue weighted by atomic mass is 10.2. The number of hydrogen-bond acceptors (Lipinski definition) is 2. The molecule has 0 amide bonds. The molecule has 2 aromatic rings. The highest BCUT2D eigenvalue weighted by Gasteiger charge is 2.07. The quantitative estimate of drug-likeness (QED) is 0.727. The van der Waals surface area contributed by atoms with Crippen LogP contribution in [0.2, 0.25) is 5.02 Å².